The average molecular weight is 280 g/mol. The van der Waals surface area contributed by atoms with E-state index in [0.29, 0.717) is 18.4 Å². The third-order valence-corrected chi connectivity index (χ3v) is 3.77. The van der Waals surface area contributed by atoms with Crippen molar-refractivity contribution in [1.29, 1.82) is 0 Å². The van der Waals surface area contributed by atoms with Crippen LogP contribution in [0.15, 0.2) is 12.4 Å². The van der Waals surface area contributed by atoms with Gasteiger partial charge in [0.05, 0.1) is 18.9 Å². The number of carbonyl (C=O) groups is 1. The smallest absolute Gasteiger partial charge is 0.237 e. The zero-order valence-corrected chi connectivity index (χ0v) is 11.6. The van der Waals surface area contributed by atoms with Gasteiger partial charge in [0.1, 0.15) is 0 Å². The van der Waals surface area contributed by atoms with E-state index in [0.717, 1.165) is 18.8 Å². The zero-order valence-electron chi connectivity index (χ0n) is 11.6. The van der Waals surface area contributed by atoms with Crippen LogP contribution in [0.1, 0.15) is 38.5 Å². The normalized spacial score (nSPS) is 16.1. The first-order chi connectivity index (χ1) is 9.65. The van der Waals surface area contributed by atoms with Gasteiger partial charge in [-0.25, -0.2) is 14.4 Å². The summed E-state index contributed by atoms with van der Waals surface area (Å²) in [7, 11) is 0. The molecule has 0 spiro atoms. The monoisotopic (exact) mass is 280 g/mol. The number of rotatable bonds is 6. The van der Waals surface area contributed by atoms with Gasteiger partial charge in [0.25, 0.3) is 0 Å². The minimum absolute atomic E-state index is 0.0678. The number of aromatic nitrogens is 2. The molecule has 1 aromatic rings. The Bertz CT molecular complexity index is 431. The number of nitrogens with two attached hydrogens (primary N) is 1. The second-order valence-corrected chi connectivity index (χ2v) is 5.38. The van der Waals surface area contributed by atoms with Gasteiger partial charge in [-0.2, -0.15) is 0 Å². The lowest BCUT2D eigenvalue weighted by atomic mass is 9.87. The zero-order chi connectivity index (χ0) is 14.4. The Hall–Kier alpha value is -1.72. The van der Waals surface area contributed by atoms with Gasteiger partial charge in [0.15, 0.2) is 5.82 Å². The Kier molecular flexibility index (Phi) is 5.26. The van der Waals surface area contributed by atoms with E-state index in [9.17, 15) is 9.18 Å². The van der Waals surface area contributed by atoms with Crippen LogP contribution in [0.4, 0.5) is 10.3 Å². The molecule has 0 atom stereocenters. The van der Waals surface area contributed by atoms with Gasteiger partial charge in [-0.1, -0.05) is 32.1 Å². The highest BCUT2D eigenvalue weighted by Crippen LogP contribution is 2.26. The molecular weight excluding hydrogens is 259 g/mol. The Morgan fingerprint density at radius 2 is 1.95 bits per heavy atom. The van der Waals surface area contributed by atoms with E-state index in [1.54, 1.807) is 4.90 Å². The van der Waals surface area contributed by atoms with Crippen molar-refractivity contribution >= 4 is 11.9 Å². The van der Waals surface area contributed by atoms with E-state index >= 15 is 0 Å². The molecule has 0 saturated heterocycles. The second kappa shape index (κ2) is 7.17. The highest BCUT2D eigenvalue weighted by Gasteiger charge is 2.17. The highest BCUT2D eigenvalue weighted by atomic mass is 19.1. The fraction of sp³-hybridized carbons (Fsp3) is 0.643. The predicted octanol–water partition coefficient (Wildman–Crippen LogP) is 1.88. The fourth-order valence-electron chi connectivity index (χ4n) is 2.72. The van der Waals surface area contributed by atoms with Gasteiger partial charge in [-0.15, -0.1) is 0 Å². The summed E-state index contributed by atoms with van der Waals surface area (Å²) >= 11 is 0. The van der Waals surface area contributed by atoms with Gasteiger partial charge in [-0.3, -0.25) is 4.79 Å². The molecule has 110 valence electrons. The lowest BCUT2D eigenvalue weighted by molar-refractivity contribution is -0.116. The SMILES string of the molecule is NC(=O)CN(CCC1CCCCC1)c1ncc(F)cn1. The number of carbonyl (C=O) groups excluding carboxylic acids is 1. The minimum Gasteiger partial charge on any atom is -0.368 e. The Balaban J connectivity index is 1.95. The van der Waals surface area contributed by atoms with Gasteiger partial charge < -0.3 is 10.6 Å². The summed E-state index contributed by atoms with van der Waals surface area (Å²) in [4.78, 5) is 20.7. The number of anilines is 1. The number of hydrogen-bond donors (Lipinski definition) is 1. The fourth-order valence-corrected chi connectivity index (χ4v) is 2.72. The molecule has 0 aliphatic heterocycles. The van der Waals surface area contributed by atoms with Gasteiger partial charge in [-0.05, 0) is 12.3 Å². The van der Waals surface area contributed by atoms with Crippen LogP contribution in [0, 0.1) is 11.7 Å². The third-order valence-electron chi connectivity index (χ3n) is 3.77. The molecule has 1 amide bonds. The van der Waals surface area contributed by atoms with E-state index in [1.165, 1.54) is 32.1 Å². The molecular formula is C14H21FN4O. The van der Waals surface area contributed by atoms with Crippen LogP contribution >= 0.6 is 0 Å². The molecule has 0 bridgehead atoms. The second-order valence-electron chi connectivity index (χ2n) is 5.38. The van der Waals surface area contributed by atoms with Crippen molar-refractivity contribution in [3.05, 3.63) is 18.2 Å². The molecule has 5 nitrogen and oxygen atoms in total. The molecule has 1 aliphatic rings. The lowest BCUT2D eigenvalue weighted by Gasteiger charge is -2.26. The molecule has 1 fully saturated rings. The number of hydrogen-bond acceptors (Lipinski definition) is 4. The van der Waals surface area contributed by atoms with Crippen molar-refractivity contribution in [2.24, 2.45) is 11.7 Å². The van der Waals surface area contributed by atoms with Crippen molar-refractivity contribution < 1.29 is 9.18 Å². The molecule has 2 rings (SSSR count). The summed E-state index contributed by atoms with van der Waals surface area (Å²) in [5, 5.41) is 0. The van der Waals surface area contributed by atoms with E-state index in [2.05, 4.69) is 9.97 Å². The third kappa shape index (κ3) is 4.43. The Morgan fingerprint density at radius 3 is 2.55 bits per heavy atom. The minimum atomic E-state index is -0.486. The molecule has 0 aromatic carbocycles. The molecule has 2 N–H and O–H groups in total. The highest BCUT2D eigenvalue weighted by molar-refractivity contribution is 5.78. The van der Waals surface area contributed by atoms with E-state index < -0.39 is 11.7 Å². The topological polar surface area (TPSA) is 72.1 Å². The first kappa shape index (κ1) is 14.7. The maximum Gasteiger partial charge on any atom is 0.237 e. The first-order valence-electron chi connectivity index (χ1n) is 7.16. The van der Waals surface area contributed by atoms with Gasteiger partial charge >= 0.3 is 0 Å². The van der Waals surface area contributed by atoms with Crippen molar-refractivity contribution in [2.45, 2.75) is 38.5 Å². The number of halogens is 1. The average Bonchev–Trinajstić information content (AvgIpc) is 2.45. The van der Waals surface area contributed by atoms with Crippen LogP contribution in [0.25, 0.3) is 0 Å². The van der Waals surface area contributed by atoms with Crippen molar-refractivity contribution in [3.8, 4) is 0 Å². The molecule has 0 unspecified atom stereocenters. The molecule has 1 aliphatic carbocycles. The summed E-state index contributed by atoms with van der Waals surface area (Å²) in [6, 6.07) is 0. The van der Waals surface area contributed by atoms with Crippen LogP contribution in [0.5, 0.6) is 0 Å². The summed E-state index contributed by atoms with van der Waals surface area (Å²) in [6.45, 7) is 0.748. The van der Waals surface area contributed by atoms with Crippen LogP contribution in [0.2, 0.25) is 0 Å². The van der Waals surface area contributed by atoms with Crippen LogP contribution in [-0.4, -0.2) is 29.0 Å². The maximum absolute atomic E-state index is 12.9. The molecule has 1 saturated carbocycles. The molecule has 0 radical (unpaired) electrons. The van der Waals surface area contributed by atoms with Gasteiger partial charge in [0.2, 0.25) is 11.9 Å². The largest absolute Gasteiger partial charge is 0.368 e. The van der Waals surface area contributed by atoms with Crippen LogP contribution in [0.3, 0.4) is 0 Å². The van der Waals surface area contributed by atoms with E-state index in [-0.39, 0.29) is 6.54 Å². The number of primary amides is 1. The van der Waals surface area contributed by atoms with Crippen molar-refractivity contribution in [2.75, 3.05) is 18.0 Å². The standard InChI is InChI=1S/C14H21FN4O/c15-12-8-17-14(18-9-12)19(10-13(16)20)7-6-11-4-2-1-3-5-11/h8-9,11H,1-7,10H2,(H2,16,20). The number of nitrogens with zero attached hydrogens (tertiary/aromatic N) is 3. The summed E-state index contributed by atoms with van der Waals surface area (Å²) in [5.74, 6) is 0.141. The van der Waals surface area contributed by atoms with Crippen LogP contribution < -0.4 is 10.6 Å². The molecule has 6 heteroatoms. The van der Waals surface area contributed by atoms with Gasteiger partial charge in [0, 0.05) is 6.54 Å². The Morgan fingerprint density at radius 1 is 1.30 bits per heavy atom. The molecule has 1 aromatic heterocycles. The van der Waals surface area contributed by atoms with Crippen molar-refractivity contribution in [1.82, 2.24) is 9.97 Å². The maximum atomic E-state index is 12.9. The van der Waals surface area contributed by atoms with E-state index in [4.69, 9.17) is 5.73 Å². The summed E-state index contributed by atoms with van der Waals surface area (Å²) in [5.41, 5.74) is 5.26. The first-order valence-corrected chi connectivity index (χ1v) is 7.16. The van der Waals surface area contributed by atoms with Crippen LogP contribution in [-0.2, 0) is 4.79 Å². The predicted molar refractivity (Wildman–Crippen MR) is 74.6 cm³/mol. The summed E-state index contributed by atoms with van der Waals surface area (Å²) < 4.78 is 12.9. The van der Waals surface area contributed by atoms with Crippen molar-refractivity contribution in [3.63, 3.8) is 0 Å². The molecule has 20 heavy (non-hydrogen) atoms. The Labute approximate surface area is 118 Å². The molecule has 1 heterocycles. The lowest BCUT2D eigenvalue weighted by Crippen LogP contribution is -2.36. The quantitative estimate of drug-likeness (QED) is 0.863. The van der Waals surface area contributed by atoms with E-state index in [1.807, 2.05) is 0 Å². The number of amides is 1. The summed E-state index contributed by atoms with van der Waals surface area (Å²) in [6.07, 6.45) is 9.59.